The SMILES string of the molecule is Cc1nn(-c2ccccc2)c(C)c1C(=O)Nc1ccc2c(c1)NC(=O)[C@@H](C)O2. The van der Waals surface area contributed by atoms with Gasteiger partial charge in [-0.05, 0) is 51.1 Å². The zero-order valence-corrected chi connectivity index (χ0v) is 15.8. The highest BCUT2D eigenvalue weighted by atomic mass is 16.5. The minimum atomic E-state index is -0.540. The molecule has 1 aromatic heterocycles. The first kappa shape index (κ1) is 17.8. The standard InChI is InChI=1S/C21H20N4O3/c1-12-19(13(2)25(24-12)16-7-5-4-6-8-16)21(27)22-15-9-10-18-17(11-15)23-20(26)14(3)28-18/h4-11,14H,1-3H3,(H,22,27)(H,23,26)/t14-/m1/s1. The molecule has 28 heavy (non-hydrogen) atoms. The van der Waals surface area contributed by atoms with E-state index in [9.17, 15) is 9.59 Å². The van der Waals surface area contributed by atoms with Gasteiger partial charge >= 0.3 is 0 Å². The number of carbonyl (C=O) groups is 2. The van der Waals surface area contributed by atoms with Gasteiger partial charge in [0.1, 0.15) is 5.75 Å². The van der Waals surface area contributed by atoms with E-state index in [1.54, 1.807) is 29.8 Å². The maximum absolute atomic E-state index is 12.9. The summed E-state index contributed by atoms with van der Waals surface area (Å²) in [6, 6.07) is 14.8. The third-order valence-corrected chi connectivity index (χ3v) is 4.69. The first-order valence-corrected chi connectivity index (χ1v) is 8.98. The molecule has 4 rings (SSSR count). The number of nitrogens with zero attached hydrogens (tertiary/aromatic N) is 2. The molecule has 0 unspecified atom stereocenters. The maximum Gasteiger partial charge on any atom is 0.265 e. The molecule has 2 aromatic carbocycles. The molecule has 0 spiro atoms. The zero-order chi connectivity index (χ0) is 19.8. The van der Waals surface area contributed by atoms with Gasteiger partial charge in [0.05, 0.1) is 28.3 Å². The monoisotopic (exact) mass is 376 g/mol. The van der Waals surface area contributed by atoms with Gasteiger partial charge in [0.2, 0.25) is 0 Å². The molecule has 2 heterocycles. The predicted molar refractivity (Wildman–Crippen MR) is 106 cm³/mol. The summed E-state index contributed by atoms with van der Waals surface area (Å²) in [7, 11) is 0. The fraction of sp³-hybridized carbons (Fsp3) is 0.190. The second-order valence-electron chi connectivity index (χ2n) is 6.71. The van der Waals surface area contributed by atoms with Gasteiger partial charge in [0.15, 0.2) is 6.10 Å². The third-order valence-electron chi connectivity index (χ3n) is 4.69. The molecule has 2 amide bonds. The molecule has 0 saturated heterocycles. The number of amides is 2. The van der Waals surface area contributed by atoms with Gasteiger partial charge in [-0.3, -0.25) is 9.59 Å². The summed E-state index contributed by atoms with van der Waals surface area (Å²) in [5.41, 5.74) is 3.91. The minimum absolute atomic E-state index is 0.216. The molecule has 0 bridgehead atoms. The van der Waals surface area contributed by atoms with Crippen molar-refractivity contribution in [3.8, 4) is 11.4 Å². The van der Waals surface area contributed by atoms with E-state index in [0.29, 0.717) is 28.4 Å². The Morgan fingerprint density at radius 3 is 2.68 bits per heavy atom. The van der Waals surface area contributed by atoms with Crippen molar-refractivity contribution in [1.82, 2.24) is 9.78 Å². The molecule has 2 N–H and O–H groups in total. The number of hydrogen-bond acceptors (Lipinski definition) is 4. The van der Waals surface area contributed by atoms with Crippen molar-refractivity contribution in [2.75, 3.05) is 10.6 Å². The molecule has 0 fully saturated rings. The Balaban J connectivity index is 1.61. The second kappa shape index (κ2) is 6.84. The Hall–Kier alpha value is -3.61. The highest BCUT2D eigenvalue weighted by Crippen LogP contribution is 2.32. The number of ether oxygens (including phenoxy) is 1. The number of aromatic nitrogens is 2. The van der Waals surface area contributed by atoms with Crippen molar-refractivity contribution in [2.45, 2.75) is 26.9 Å². The summed E-state index contributed by atoms with van der Waals surface area (Å²) in [5.74, 6) is 0.106. The smallest absolute Gasteiger partial charge is 0.265 e. The van der Waals surface area contributed by atoms with Crippen molar-refractivity contribution in [2.24, 2.45) is 0 Å². The molecule has 3 aromatic rings. The fourth-order valence-corrected chi connectivity index (χ4v) is 3.27. The number of para-hydroxylation sites is 1. The number of benzene rings is 2. The van der Waals surface area contributed by atoms with Crippen LogP contribution in [0.15, 0.2) is 48.5 Å². The van der Waals surface area contributed by atoms with Crippen LogP contribution in [0.5, 0.6) is 5.75 Å². The number of aryl methyl sites for hydroxylation is 1. The molecule has 1 aliphatic heterocycles. The highest BCUT2D eigenvalue weighted by molar-refractivity contribution is 6.06. The molecular formula is C21H20N4O3. The number of nitrogens with one attached hydrogen (secondary N) is 2. The van der Waals surface area contributed by atoms with Crippen molar-refractivity contribution in [3.05, 3.63) is 65.5 Å². The first-order valence-electron chi connectivity index (χ1n) is 8.98. The Morgan fingerprint density at radius 1 is 1.18 bits per heavy atom. The van der Waals surface area contributed by atoms with Crippen molar-refractivity contribution in [1.29, 1.82) is 0 Å². The van der Waals surface area contributed by atoms with E-state index < -0.39 is 6.10 Å². The highest BCUT2D eigenvalue weighted by Gasteiger charge is 2.24. The van der Waals surface area contributed by atoms with E-state index in [-0.39, 0.29) is 11.8 Å². The van der Waals surface area contributed by atoms with Crippen LogP contribution in [0.3, 0.4) is 0 Å². The van der Waals surface area contributed by atoms with Gasteiger partial charge in [-0.15, -0.1) is 0 Å². The van der Waals surface area contributed by atoms with Crippen LogP contribution < -0.4 is 15.4 Å². The van der Waals surface area contributed by atoms with Crippen molar-refractivity contribution in [3.63, 3.8) is 0 Å². The lowest BCUT2D eigenvalue weighted by Crippen LogP contribution is -2.34. The Kier molecular flexibility index (Phi) is 4.35. The van der Waals surface area contributed by atoms with Gasteiger partial charge in [-0.25, -0.2) is 4.68 Å². The molecular weight excluding hydrogens is 356 g/mol. The summed E-state index contributed by atoms with van der Waals surface area (Å²) in [5, 5.41) is 10.2. The molecule has 0 aliphatic carbocycles. The topological polar surface area (TPSA) is 85.3 Å². The zero-order valence-electron chi connectivity index (χ0n) is 15.8. The van der Waals surface area contributed by atoms with Gasteiger partial charge < -0.3 is 15.4 Å². The van der Waals surface area contributed by atoms with E-state index in [1.807, 2.05) is 44.2 Å². The summed E-state index contributed by atoms with van der Waals surface area (Å²) in [4.78, 5) is 24.7. The third kappa shape index (κ3) is 3.11. The first-order chi connectivity index (χ1) is 13.4. The van der Waals surface area contributed by atoms with Crippen LogP contribution in [0, 0.1) is 13.8 Å². The quantitative estimate of drug-likeness (QED) is 0.733. The average Bonchev–Trinajstić information content (AvgIpc) is 2.98. The van der Waals surface area contributed by atoms with Gasteiger partial charge in [-0.1, -0.05) is 18.2 Å². The van der Waals surface area contributed by atoms with Crippen LogP contribution in [-0.4, -0.2) is 27.7 Å². The lowest BCUT2D eigenvalue weighted by molar-refractivity contribution is -0.122. The van der Waals surface area contributed by atoms with Crippen LogP contribution in [0.4, 0.5) is 11.4 Å². The van der Waals surface area contributed by atoms with E-state index in [1.165, 1.54) is 0 Å². The molecule has 142 valence electrons. The van der Waals surface area contributed by atoms with E-state index in [2.05, 4.69) is 15.7 Å². The van der Waals surface area contributed by atoms with Crippen molar-refractivity contribution >= 4 is 23.2 Å². The Bertz CT molecular complexity index is 1070. The summed E-state index contributed by atoms with van der Waals surface area (Å²) >= 11 is 0. The fourth-order valence-electron chi connectivity index (χ4n) is 3.27. The van der Waals surface area contributed by atoms with Crippen LogP contribution in [-0.2, 0) is 4.79 Å². The number of hydrogen-bond donors (Lipinski definition) is 2. The summed E-state index contributed by atoms with van der Waals surface area (Å²) in [6.07, 6.45) is -0.540. The molecule has 0 saturated carbocycles. The predicted octanol–water partition coefficient (Wildman–Crippen LogP) is 3.46. The molecule has 1 atom stereocenters. The number of carbonyl (C=O) groups excluding carboxylic acids is 2. The average molecular weight is 376 g/mol. The second-order valence-corrected chi connectivity index (χ2v) is 6.71. The molecule has 0 radical (unpaired) electrons. The van der Waals surface area contributed by atoms with E-state index in [4.69, 9.17) is 4.74 Å². The van der Waals surface area contributed by atoms with Crippen LogP contribution >= 0.6 is 0 Å². The number of fused-ring (bicyclic) bond motifs is 1. The summed E-state index contributed by atoms with van der Waals surface area (Å²) in [6.45, 7) is 5.36. The van der Waals surface area contributed by atoms with Gasteiger partial charge in [0, 0.05) is 5.69 Å². The van der Waals surface area contributed by atoms with Crippen molar-refractivity contribution < 1.29 is 14.3 Å². The van der Waals surface area contributed by atoms with E-state index >= 15 is 0 Å². The lowest BCUT2D eigenvalue weighted by Gasteiger charge is -2.23. The van der Waals surface area contributed by atoms with Crippen LogP contribution in [0.2, 0.25) is 0 Å². The molecule has 7 heteroatoms. The van der Waals surface area contributed by atoms with Gasteiger partial charge in [-0.2, -0.15) is 5.10 Å². The maximum atomic E-state index is 12.9. The number of anilines is 2. The van der Waals surface area contributed by atoms with Gasteiger partial charge in [0.25, 0.3) is 11.8 Å². The number of rotatable bonds is 3. The minimum Gasteiger partial charge on any atom is -0.479 e. The van der Waals surface area contributed by atoms with E-state index in [0.717, 1.165) is 11.4 Å². The van der Waals surface area contributed by atoms with Crippen LogP contribution in [0.1, 0.15) is 28.7 Å². The normalized spacial score (nSPS) is 15.4. The Labute approximate surface area is 162 Å². The molecule has 7 nitrogen and oxygen atoms in total. The molecule has 1 aliphatic rings. The Morgan fingerprint density at radius 2 is 1.93 bits per heavy atom. The lowest BCUT2D eigenvalue weighted by atomic mass is 10.1. The summed E-state index contributed by atoms with van der Waals surface area (Å²) < 4.78 is 7.30. The van der Waals surface area contributed by atoms with Crippen LogP contribution in [0.25, 0.3) is 5.69 Å². The largest absolute Gasteiger partial charge is 0.479 e.